The Morgan fingerprint density at radius 3 is 2.80 bits per heavy atom. The molecule has 0 aliphatic heterocycles. The predicted octanol–water partition coefficient (Wildman–Crippen LogP) is 0.795. The minimum Gasteiger partial charge on any atom is -0.296 e. The number of carbonyl (C=O) groups excluding carboxylic acids is 1. The largest absolute Gasteiger partial charge is 0.296 e. The van der Waals surface area contributed by atoms with Crippen LogP contribution in [-0.2, 0) is 13.5 Å². The van der Waals surface area contributed by atoms with Crippen LogP contribution in [-0.4, -0.2) is 16.1 Å². The molecule has 1 rings (SSSR count). The van der Waals surface area contributed by atoms with Crippen molar-refractivity contribution in [2.45, 2.75) is 13.3 Å². The van der Waals surface area contributed by atoms with Gasteiger partial charge < -0.3 is 0 Å². The fourth-order valence-corrected chi connectivity index (χ4v) is 0.919. The predicted molar refractivity (Wildman–Crippen MR) is 38.0 cm³/mol. The summed E-state index contributed by atoms with van der Waals surface area (Å²) in [4.78, 5) is 10.2. The number of aromatic nitrogens is 2. The molecule has 0 fully saturated rings. The molecule has 1 aromatic heterocycles. The Hall–Kier alpha value is -1.12. The molecule has 0 aliphatic carbocycles. The summed E-state index contributed by atoms with van der Waals surface area (Å²) >= 11 is 0. The van der Waals surface area contributed by atoms with E-state index in [4.69, 9.17) is 0 Å². The van der Waals surface area contributed by atoms with Gasteiger partial charge in [0.15, 0.2) is 6.29 Å². The summed E-state index contributed by atoms with van der Waals surface area (Å²) in [5, 5.41) is 3.95. The highest BCUT2D eigenvalue weighted by Gasteiger charge is 1.99. The van der Waals surface area contributed by atoms with Gasteiger partial charge in [0.05, 0.1) is 0 Å². The topological polar surface area (TPSA) is 34.9 Å². The lowest BCUT2D eigenvalue weighted by atomic mass is 10.3. The third-order valence-corrected chi connectivity index (χ3v) is 1.48. The van der Waals surface area contributed by atoms with Crippen LogP contribution in [0.15, 0.2) is 6.07 Å². The lowest BCUT2D eigenvalue weighted by molar-refractivity contribution is 0.111. The standard InChI is InChI=1S/C7H10N2O/c1-3-7-4-6(5-10)8-9(7)2/h4-5H,3H2,1-2H3. The van der Waals surface area contributed by atoms with Gasteiger partial charge >= 0.3 is 0 Å². The highest BCUT2D eigenvalue weighted by atomic mass is 16.1. The Kier molecular flexibility index (Phi) is 1.85. The fraction of sp³-hybridized carbons (Fsp3) is 0.429. The number of aldehydes is 1. The zero-order valence-electron chi connectivity index (χ0n) is 6.16. The van der Waals surface area contributed by atoms with E-state index in [1.165, 1.54) is 0 Å². The van der Waals surface area contributed by atoms with Crippen molar-refractivity contribution in [3.63, 3.8) is 0 Å². The minimum absolute atomic E-state index is 0.513. The smallest absolute Gasteiger partial charge is 0.170 e. The van der Waals surface area contributed by atoms with Gasteiger partial charge in [-0.05, 0) is 12.5 Å². The average molecular weight is 138 g/mol. The Bertz CT molecular complexity index is 240. The second kappa shape index (κ2) is 2.64. The molecule has 3 nitrogen and oxygen atoms in total. The third-order valence-electron chi connectivity index (χ3n) is 1.48. The minimum atomic E-state index is 0.513. The van der Waals surface area contributed by atoms with Crippen molar-refractivity contribution in [2.75, 3.05) is 0 Å². The maximum absolute atomic E-state index is 10.2. The fourth-order valence-electron chi connectivity index (χ4n) is 0.919. The van der Waals surface area contributed by atoms with E-state index in [0.29, 0.717) is 5.69 Å². The summed E-state index contributed by atoms with van der Waals surface area (Å²) in [5.41, 5.74) is 1.60. The van der Waals surface area contributed by atoms with Crippen LogP contribution in [0.5, 0.6) is 0 Å². The molecule has 0 aliphatic rings. The average Bonchev–Trinajstić information content (AvgIpc) is 2.30. The summed E-state index contributed by atoms with van der Waals surface area (Å²) in [6.45, 7) is 2.03. The summed E-state index contributed by atoms with van der Waals surface area (Å²) in [5.74, 6) is 0. The molecule has 1 aromatic rings. The maximum Gasteiger partial charge on any atom is 0.170 e. The molecule has 0 atom stereocenters. The van der Waals surface area contributed by atoms with E-state index in [0.717, 1.165) is 18.4 Å². The van der Waals surface area contributed by atoms with E-state index < -0.39 is 0 Å². The van der Waals surface area contributed by atoms with E-state index in [1.807, 2.05) is 14.0 Å². The van der Waals surface area contributed by atoms with Gasteiger partial charge in [-0.15, -0.1) is 0 Å². The van der Waals surface area contributed by atoms with Gasteiger partial charge in [-0.25, -0.2) is 0 Å². The van der Waals surface area contributed by atoms with Crippen LogP contribution >= 0.6 is 0 Å². The molecule has 0 amide bonds. The lowest BCUT2D eigenvalue weighted by Gasteiger charge is -1.92. The van der Waals surface area contributed by atoms with Gasteiger partial charge in [0.25, 0.3) is 0 Å². The van der Waals surface area contributed by atoms with Gasteiger partial charge in [0.1, 0.15) is 5.69 Å². The van der Waals surface area contributed by atoms with Crippen LogP contribution in [0.1, 0.15) is 23.1 Å². The second-order valence-electron chi connectivity index (χ2n) is 2.16. The van der Waals surface area contributed by atoms with Gasteiger partial charge in [0, 0.05) is 12.7 Å². The molecular weight excluding hydrogens is 128 g/mol. The first-order valence-electron chi connectivity index (χ1n) is 3.26. The number of hydrogen-bond donors (Lipinski definition) is 0. The lowest BCUT2D eigenvalue weighted by Crippen LogP contribution is -1.95. The first-order chi connectivity index (χ1) is 4.77. The van der Waals surface area contributed by atoms with Crippen LogP contribution in [0.2, 0.25) is 0 Å². The van der Waals surface area contributed by atoms with Crippen molar-refractivity contribution < 1.29 is 4.79 Å². The monoisotopic (exact) mass is 138 g/mol. The molecule has 0 aromatic carbocycles. The van der Waals surface area contributed by atoms with Gasteiger partial charge in [-0.1, -0.05) is 6.92 Å². The summed E-state index contributed by atoms with van der Waals surface area (Å²) in [7, 11) is 1.84. The number of rotatable bonds is 2. The van der Waals surface area contributed by atoms with E-state index in [1.54, 1.807) is 10.7 Å². The molecule has 0 saturated carbocycles. The van der Waals surface area contributed by atoms with Crippen molar-refractivity contribution in [3.8, 4) is 0 Å². The number of hydrogen-bond acceptors (Lipinski definition) is 2. The molecule has 0 N–H and O–H groups in total. The molecule has 3 heteroatoms. The normalized spacial score (nSPS) is 9.80. The first kappa shape index (κ1) is 6.99. The van der Waals surface area contributed by atoms with Crippen molar-refractivity contribution in [1.82, 2.24) is 9.78 Å². The molecule has 0 saturated heterocycles. The van der Waals surface area contributed by atoms with E-state index >= 15 is 0 Å². The van der Waals surface area contributed by atoms with Crippen LogP contribution in [0, 0.1) is 0 Å². The number of nitrogens with zero attached hydrogens (tertiary/aromatic N) is 2. The zero-order chi connectivity index (χ0) is 7.56. The van der Waals surface area contributed by atoms with Crippen LogP contribution in [0.3, 0.4) is 0 Å². The Morgan fingerprint density at radius 2 is 2.50 bits per heavy atom. The Morgan fingerprint density at radius 1 is 1.80 bits per heavy atom. The molecule has 0 radical (unpaired) electrons. The third kappa shape index (κ3) is 1.07. The van der Waals surface area contributed by atoms with Gasteiger partial charge in [-0.3, -0.25) is 9.48 Å². The van der Waals surface area contributed by atoms with Gasteiger partial charge in [-0.2, -0.15) is 5.10 Å². The second-order valence-corrected chi connectivity index (χ2v) is 2.16. The van der Waals surface area contributed by atoms with Crippen molar-refractivity contribution in [1.29, 1.82) is 0 Å². The zero-order valence-corrected chi connectivity index (χ0v) is 6.16. The molecule has 54 valence electrons. The van der Waals surface area contributed by atoms with E-state index in [-0.39, 0.29) is 0 Å². The molecule has 1 heterocycles. The molecule has 0 unspecified atom stereocenters. The number of carbonyl (C=O) groups is 1. The van der Waals surface area contributed by atoms with E-state index in [9.17, 15) is 4.79 Å². The Balaban J connectivity index is 3.03. The summed E-state index contributed by atoms with van der Waals surface area (Å²) in [6.07, 6.45) is 1.68. The van der Waals surface area contributed by atoms with Gasteiger partial charge in [0.2, 0.25) is 0 Å². The summed E-state index contributed by atoms with van der Waals surface area (Å²) < 4.78 is 1.73. The van der Waals surface area contributed by atoms with Crippen LogP contribution < -0.4 is 0 Å². The first-order valence-corrected chi connectivity index (χ1v) is 3.26. The van der Waals surface area contributed by atoms with Crippen molar-refractivity contribution in [2.24, 2.45) is 7.05 Å². The molecule has 0 spiro atoms. The van der Waals surface area contributed by atoms with E-state index in [2.05, 4.69) is 5.10 Å². The summed E-state index contributed by atoms with van der Waals surface area (Å²) in [6, 6.07) is 1.80. The molecule has 0 bridgehead atoms. The Labute approximate surface area is 59.7 Å². The number of aryl methyl sites for hydroxylation is 2. The SMILES string of the molecule is CCc1cc(C=O)nn1C. The molecular formula is C7H10N2O. The highest BCUT2D eigenvalue weighted by Crippen LogP contribution is 2.00. The van der Waals surface area contributed by atoms with Crippen molar-refractivity contribution in [3.05, 3.63) is 17.5 Å². The van der Waals surface area contributed by atoms with Crippen LogP contribution in [0.25, 0.3) is 0 Å². The molecule has 10 heavy (non-hydrogen) atoms. The maximum atomic E-state index is 10.2. The van der Waals surface area contributed by atoms with Crippen molar-refractivity contribution >= 4 is 6.29 Å². The highest BCUT2D eigenvalue weighted by molar-refractivity contribution is 5.71. The quantitative estimate of drug-likeness (QED) is 0.566. The van der Waals surface area contributed by atoms with Crippen LogP contribution in [0.4, 0.5) is 0 Å².